The number of nitrogens with zero attached hydrogens (tertiary/aromatic N) is 2. The second kappa shape index (κ2) is 10.9. The van der Waals surface area contributed by atoms with Crippen molar-refractivity contribution in [3.63, 3.8) is 0 Å². The lowest BCUT2D eigenvalue weighted by Gasteiger charge is -2.19. The number of nitrogens with two attached hydrogens (primary N) is 2. The molecule has 25 heavy (non-hydrogen) atoms. The molecular weight excluding hydrogens is 340 g/mol. The van der Waals surface area contributed by atoms with E-state index in [4.69, 9.17) is 26.2 Å². The number of nitrogens with one attached hydrogen (secondary N) is 2. The fourth-order valence-electron chi connectivity index (χ4n) is 1.62. The molecule has 0 saturated heterocycles. The first-order chi connectivity index (χ1) is 11.7. The minimum Gasteiger partial charge on any atom is -0.480 e. The Morgan fingerprint density at radius 3 is 2.28 bits per heavy atom. The molecule has 13 heteroatoms. The summed E-state index contributed by atoms with van der Waals surface area (Å²) in [6.07, 6.45) is -1.69. The molecule has 13 nitrogen and oxygen atoms in total. The fourth-order valence-corrected chi connectivity index (χ4v) is 1.62. The van der Waals surface area contributed by atoms with Crippen LogP contribution < -0.4 is 22.1 Å². The third-order valence-electron chi connectivity index (χ3n) is 2.71. The highest BCUT2D eigenvalue weighted by Crippen LogP contribution is 2.14. The Labute approximate surface area is 142 Å². The van der Waals surface area contributed by atoms with Crippen molar-refractivity contribution in [2.75, 3.05) is 7.11 Å². The van der Waals surface area contributed by atoms with Crippen LogP contribution in [-0.2, 0) is 16.1 Å². The van der Waals surface area contributed by atoms with Gasteiger partial charge < -0.3 is 41.9 Å². The zero-order chi connectivity index (χ0) is 19.6. The van der Waals surface area contributed by atoms with E-state index in [9.17, 15) is 19.5 Å². The minimum atomic E-state index is -1.54. The number of carboxylic acids is 1. The van der Waals surface area contributed by atoms with Gasteiger partial charge in [-0.1, -0.05) is 5.16 Å². The van der Waals surface area contributed by atoms with E-state index in [0.29, 0.717) is 0 Å². The Bertz CT molecular complexity index is 576. The zero-order valence-electron chi connectivity index (χ0n) is 13.7. The number of aromatic nitrogens is 2. The normalized spacial score (nSPS) is 13.6. The molecule has 1 heterocycles. The van der Waals surface area contributed by atoms with Crippen LogP contribution in [0.25, 0.3) is 0 Å². The summed E-state index contributed by atoms with van der Waals surface area (Å²) in [6, 6.07) is -3.56. The van der Waals surface area contributed by atoms with E-state index in [1.807, 2.05) is 5.32 Å². The van der Waals surface area contributed by atoms with E-state index in [0.717, 1.165) is 7.11 Å². The van der Waals surface area contributed by atoms with Crippen LogP contribution in [0.5, 0.6) is 0 Å². The van der Waals surface area contributed by atoms with Gasteiger partial charge in [0.1, 0.15) is 6.04 Å². The number of rotatable bonds is 8. The van der Waals surface area contributed by atoms with Crippen LogP contribution in [0, 0.1) is 0 Å². The van der Waals surface area contributed by atoms with Crippen molar-refractivity contribution in [3.8, 4) is 0 Å². The number of aliphatic carboxylic acids is 1. The summed E-state index contributed by atoms with van der Waals surface area (Å²) < 4.78 is 4.86. The molecule has 3 atom stereocenters. The van der Waals surface area contributed by atoms with Crippen molar-refractivity contribution in [2.24, 2.45) is 11.5 Å². The number of aliphatic hydroxyl groups excluding tert-OH is 2. The maximum absolute atomic E-state index is 11.8. The number of hydrogen-bond donors (Lipinski definition) is 7. The van der Waals surface area contributed by atoms with Gasteiger partial charge in [-0.15, -0.1) is 0 Å². The lowest BCUT2D eigenvalue weighted by Crippen LogP contribution is -2.52. The Morgan fingerprint density at radius 1 is 1.28 bits per heavy atom. The molecule has 0 fully saturated rings. The maximum atomic E-state index is 11.8. The second-order valence-corrected chi connectivity index (χ2v) is 4.65. The van der Waals surface area contributed by atoms with Gasteiger partial charge >= 0.3 is 12.0 Å². The summed E-state index contributed by atoms with van der Waals surface area (Å²) in [7, 11) is 1.00. The molecule has 2 unspecified atom stereocenters. The first-order valence-corrected chi connectivity index (χ1v) is 6.98. The van der Waals surface area contributed by atoms with Gasteiger partial charge in [0, 0.05) is 7.11 Å². The molecule has 0 aliphatic carbocycles. The summed E-state index contributed by atoms with van der Waals surface area (Å²) >= 11 is 0. The van der Waals surface area contributed by atoms with Crippen LogP contribution in [0.1, 0.15) is 31.1 Å². The molecule has 3 amide bonds. The smallest absolute Gasteiger partial charge is 0.328 e. The molecule has 0 bridgehead atoms. The number of hydrogen-bond acceptors (Lipinski definition) is 9. The summed E-state index contributed by atoms with van der Waals surface area (Å²) in [5, 5.41) is 33.0. The van der Waals surface area contributed by atoms with E-state index in [2.05, 4.69) is 15.5 Å². The molecule has 0 saturated carbocycles. The van der Waals surface area contributed by atoms with E-state index in [-0.39, 0.29) is 24.7 Å². The number of carbonyl (C=O) groups is 3. The van der Waals surface area contributed by atoms with Crippen LogP contribution in [0.3, 0.4) is 0 Å². The predicted octanol–water partition coefficient (Wildman–Crippen LogP) is -2.81. The molecule has 1 aromatic heterocycles. The number of primary amides is 1. The van der Waals surface area contributed by atoms with Gasteiger partial charge in [0.05, 0.1) is 19.1 Å². The average molecular weight is 362 g/mol. The van der Waals surface area contributed by atoms with Crippen LogP contribution in [0.4, 0.5) is 4.79 Å². The Kier molecular flexibility index (Phi) is 9.69. The van der Waals surface area contributed by atoms with E-state index in [1.54, 1.807) is 0 Å². The predicted molar refractivity (Wildman–Crippen MR) is 81.7 cm³/mol. The molecule has 0 aromatic carbocycles. The van der Waals surface area contributed by atoms with Crippen molar-refractivity contribution >= 4 is 17.9 Å². The Balaban J connectivity index is 0.00000277. The SMILES string of the molecule is CC(O)C(NC(=O)N[C@H](CC(N)=O)c1nc(CN)no1)C(=O)O.CO. The molecule has 0 spiro atoms. The van der Waals surface area contributed by atoms with Gasteiger partial charge in [-0.3, -0.25) is 4.79 Å². The first-order valence-electron chi connectivity index (χ1n) is 6.98. The lowest BCUT2D eigenvalue weighted by atomic mass is 10.2. The minimum absolute atomic E-state index is 0.0118. The highest BCUT2D eigenvalue weighted by Gasteiger charge is 2.28. The summed E-state index contributed by atoms with van der Waals surface area (Å²) in [5.74, 6) is -2.13. The van der Waals surface area contributed by atoms with Gasteiger partial charge in [-0.2, -0.15) is 4.98 Å². The highest BCUT2D eigenvalue weighted by molar-refractivity contribution is 5.83. The van der Waals surface area contributed by atoms with Gasteiger partial charge in [0.25, 0.3) is 0 Å². The van der Waals surface area contributed by atoms with Crippen LogP contribution in [-0.4, -0.2) is 62.6 Å². The summed E-state index contributed by atoms with van der Waals surface area (Å²) in [4.78, 5) is 37.7. The molecule has 9 N–H and O–H groups in total. The first kappa shape index (κ1) is 22.2. The van der Waals surface area contributed by atoms with E-state index >= 15 is 0 Å². The molecule has 0 radical (unpaired) electrons. The zero-order valence-corrected chi connectivity index (χ0v) is 13.7. The van der Waals surface area contributed by atoms with Gasteiger partial charge in [0.15, 0.2) is 11.9 Å². The number of urea groups is 1. The fraction of sp³-hybridized carbons (Fsp3) is 0.583. The molecule has 1 rings (SSSR count). The van der Waals surface area contributed by atoms with Crippen molar-refractivity contribution in [3.05, 3.63) is 11.7 Å². The summed E-state index contributed by atoms with van der Waals surface area (Å²) in [5.41, 5.74) is 10.4. The maximum Gasteiger partial charge on any atom is 0.328 e. The second-order valence-electron chi connectivity index (χ2n) is 4.65. The Hall–Kier alpha value is -2.77. The third kappa shape index (κ3) is 7.56. The van der Waals surface area contributed by atoms with Crippen LogP contribution in [0.15, 0.2) is 4.52 Å². The van der Waals surface area contributed by atoms with Gasteiger partial charge in [0.2, 0.25) is 11.8 Å². The van der Waals surface area contributed by atoms with Crippen molar-refractivity contribution in [2.45, 2.75) is 38.1 Å². The monoisotopic (exact) mass is 362 g/mol. The van der Waals surface area contributed by atoms with E-state index < -0.39 is 36.1 Å². The molecular formula is C12H22N6O7. The highest BCUT2D eigenvalue weighted by atomic mass is 16.5. The molecule has 1 aromatic rings. The largest absolute Gasteiger partial charge is 0.480 e. The Morgan fingerprint density at radius 2 is 1.88 bits per heavy atom. The molecule has 142 valence electrons. The molecule has 0 aliphatic heterocycles. The van der Waals surface area contributed by atoms with Crippen molar-refractivity contribution in [1.29, 1.82) is 0 Å². The van der Waals surface area contributed by atoms with Gasteiger partial charge in [-0.05, 0) is 6.92 Å². The van der Waals surface area contributed by atoms with E-state index in [1.165, 1.54) is 6.92 Å². The lowest BCUT2D eigenvalue weighted by molar-refractivity contribution is -0.141. The summed E-state index contributed by atoms with van der Waals surface area (Å²) in [6.45, 7) is 1.19. The molecule has 0 aliphatic rings. The number of amides is 3. The average Bonchev–Trinajstić information content (AvgIpc) is 3.02. The van der Waals surface area contributed by atoms with Gasteiger partial charge in [-0.25, -0.2) is 9.59 Å². The standard InChI is InChI=1S/C11H18N6O6.CH4O/c1-4(18)8(10(20)21)16-11(22)14-5(2-6(13)19)9-15-7(3-12)17-23-9;1-2/h4-5,8,18H,2-3,12H2,1H3,(H2,13,19)(H,20,21)(H2,14,16,22);2H,1H3/t4?,5-,8?;/m1./s1. The van der Waals surface area contributed by atoms with Crippen LogP contribution >= 0.6 is 0 Å². The third-order valence-corrected chi connectivity index (χ3v) is 2.71. The topological polar surface area (TPSA) is 227 Å². The van der Waals surface area contributed by atoms with Crippen LogP contribution in [0.2, 0.25) is 0 Å². The number of carboxylic acid groups (broad SMARTS) is 1. The quantitative estimate of drug-likeness (QED) is 0.251. The van der Waals surface area contributed by atoms with Crippen molar-refractivity contribution < 1.29 is 34.2 Å². The number of carbonyl (C=O) groups excluding carboxylic acids is 2. The number of aliphatic hydroxyl groups is 2. The van der Waals surface area contributed by atoms with Crippen molar-refractivity contribution in [1.82, 2.24) is 20.8 Å².